The first-order valence-electron chi connectivity index (χ1n) is 12.0. The summed E-state index contributed by atoms with van der Waals surface area (Å²) in [6.45, 7) is 6.14. The topological polar surface area (TPSA) is 134 Å². The van der Waals surface area contributed by atoms with E-state index >= 15 is 4.39 Å². The predicted molar refractivity (Wildman–Crippen MR) is 144 cm³/mol. The van der Waals surface area contributed by atoms with E-state index in [1.54, 1.807) is 20.1 Å². The third-order valence-corrected chi connectivity index (χ3v) is 8.24. The van der Waals surface area contributed by atoms with Gasteiger partial charge in [0, 0.05) is 41.2 Å². The van der Waals surface area contributed by atoms with Crippen molar-refractivity contribution in [3.05, 3.63) is 66.3 Å². The number of nitrogens with two attached hydrogens (primary N) is 1. The molecule has 13 heteroatoms. The smallest absolute Gasteiger partial charge is 0.232 e. The number of methoxy groups -OCH3 is 1. The van der Waals surface area contributed by atoms with E-state index in [0.717, 1.165) is 6.07 Å². The van der Waals surface area contributed by atoms with Crippen molar-refractivity contribution in [3.63, 3.8) is 0 Å². The molecule has 5 rings (SSSR count). The maximum Gasteiger partial charge on any atom is 0.232 e. The van der Waals surface area contributed by atoms with Gasteiger partial charge >= 0.3 is 0 Å². The van der Waals surface area contributed by atoms with Crippen molar-refractivity contribution in [3.8, 4) is 5.75 Å². The zero-order valence-corrected chi connectivity index (χ0v) is 22.6. The molecular weight excluding hydrogens is 528 g/mol. The largest absolute Gasteiger partial charge is 0.482 e. The van der Waals surface area contributed by atoms with Gasteiger partial charge in [0.2, 0.25) is 5.89 Å². The molecule has 4 heterocycles. The first kappa shape index (κ1) is 26.8. The Balaban J connectivity index is 1.48. The van der Waals surface area contributed by atoms with Crippen molar-refractivity contribution in [1.29, 1.82) is 0 Å². The molecule has 0 saturated carbocycles. The van der Waals surface area contributed by atoms with Crippen LogP contribution in [0.15, 0.2) is 52.6 Å². The summed E-state index contributed by atoms with van der Waals surface area (Å²) in [5.74, 6) is -1.10. The number of amidine groups is 1. The summed E-state index contributed by atoms with van der Waals surface area (Å²) in [7, 11) is 1.59. The molecule has 1 aliphatic rings. The molecule has 0 unspecified atom stereocenters. The van der Waals surface area contributed by atoms with Crippen LogP contribution < -0.4 is 15.8 Å². The van der Waals surface area contributed by atoms with Gasteiger partial charge in [0.25, 0.3) is 0 Å². The van der Waals surface area contributed by atoms with Crippen LogP contribution in [0.2, 0.25) is 0 Å². The Morgan fingerprint density at radius 3 is 2.72 bits per heavy atom. The molecule has 10 nitrogen and oxygen atoms in total. The molecule has 1 aliphatic heterocycles. The van der Waals surface area contributed by atoms with Crippen molar-refractivity contribution in [1.82, 2.24) is 19.9 Å². The lowest BCUT2D eigenvalue weighted by Crippen LogP contribution is -2.50. The second kappa shape index (κ2) is 10.4. The summed E-state index contributed by atoms with van der Waals surface area (Å²) in [5.41, 5.74) is 6.24. The third-order valence-electron chi connectivity index (χ3n) is 7.00. The minimum absolute atomic E-state index is 0.0663. The number of nitrogens with one attached hydrogen (secondary N) is 1. The number of benzene rings is 1. The van der Waals surface area contributed by atoms with Gasteiger partial charge in [-0.05, 0) is 19.9 Å². The van der Waals surface area contributed by atoms with E-state index in [-0.39, 0.29) is 28.9 Å². The van der Waals surface area contributed by atoms with E-state index in [2.05, 4.69) is 30.2 Å². The number of hydrogen-bond donors (Lipinski definition) is 2. The molecule has 3 N–H and O–H groups in total. The van der Waals surface area contributed by atoms with Crippen molar-refractivity contribution < 1.29 is 22.7 Å². The van der Waals surface area contributed by atoms with Gasteiger partial charge in [-0.3, -0.25) is 4.99 Å². The lowest BCUT2D eigenvalue weighted by molar-refractivity contribution is 0.124. The molecule has 0 saturated heterocycles. The van der Waals surface area contributed by atoms with Crippen molar-refractivity contribution in [2.75, 3.05) is 19.0 Å². The normalized spacial score (nSPS) is 23.0. The molecule has 0 bridgehead atoms. The molecule has 0 spiro atoms. The van der Waals surface area contributed by atoms with Crippen LogP contribution in [0.5, 0.6) is 5.75 Å². The molecule has 0 aliphatic carbocycles. The van der Waals surface area contributed by atoms with Crippen molar-refractivity contribution in [2.24, 2.45) is 16.6 Å². The maximum atomic E-state index is 15.3. The highest BCUT2D eigenvalue weighted by Crippen LogP contribution is 2.51. The monoisotopic (exact) mass is 555 g/mol. The Bertz CT molecular complexity index is 1540. The Morgan fingerprint density at radius 2 is 1.97 bits per heavy atom. The Labute approximate surface area is 227 Å². The van der Waals surface area contributed by atoms with Crippen LogP contribution in [-0.4, -0.2) is 43.6 Å². The fourth-order valence-electron chi connectivity index (χ4n) is 4.74. The summed E-state index contributed by atoms with van der Waals surface area (Å²) >= 11 is 1.37. The average molecular weight is 556 g/mol. The molecule has 0 radical (unpaired) electrons. The van der Waals surface area contributed by atoms with Gasteiger partial charge in [0.05, 0.1) is 30.1 Å². The number of aliphatic imine (C=N–C) groups is 1. The van der Waals surface area contributed by atoms with Gasteiger partial charge in [-0.2, -0.15) is 0 Å². The molecular formula is C26H27F2N7O3S. The summed E-state index contributed by atoms with van der Waals surface area (Å²) in [4.78, 5) is 21.6. The van der Waals surface area contributed by atoms with Gasteiger partial charge in [0.1, 0.15) is 23.9 Å². The van der Waals surface area contributed by atoms with E-state index < -0.39 is 21.9 Å². The van der Waals surface area contributed by atoms with Crippen LogP contribution >= 0.6 is 11.8 Å². The average Bonchev–Trinajstić information content (AvgIpc) is 3.42. The Morgan fingerprint density at radius 1 is 1.15 bits per heavy atom. The Hall–Kier alpha value is -3.84. The number of thioether (sulfide) groups is 1. The molecule has 39 heavy (non-hydrogen) atoms. The minimum Gasteiger partial charge on any atom is -0.482 e. The zero-order chi connectivity index (χ0) is 27.8. The molecule has 0 amide bonds. The fourth-order valence-corrected chi connectivity index (χ4v) is 6.03. The van der Waals surface area contributed by atoms with Crippen LogP contribution in [0, 0.1) is 17.6 Å². The molecule has 3 aromatic heterocycles. The molecule has 3 atom stereocenters. The van der Waals surface area contributed by atoms with Crippen molar-refractivity contribution in [2.45, 2.75) is 37.7 Å². The quantitative estimate of drug-likeness (QED) is 0.308. The van der Waals surface area contributed by atoms with Crippen LogP contribution in [0.3, 0.4) is 0 Å². The first-order chi connectivity index (χ1) is 18.6. The second-order valence-corrected chi connectivity index (χ2v) is 11.1. The molecule has 4 aromatic rings. The maximum absolute atomic E-state index is 15.3. The number of oxazole rings is 1. The number of aromatic nitrogens is 4. The van der Waals surface area contributed by atoms with E-state index in [4.69, 9.17) is 19.6 Å². The highest BCUT2D eigenvalue weighted by Gasteiger charge is 2.50. The first-order valence-corrected chi connectivity index (χ1v) is 12.9. The number of nitrogens with zero attached hydrogens (tertiary/aromatic N) is 5. The third kappa shape index (κ3) is 5.11. The van der Waals surface area contributed by atoms with Crippen LogP contribution in [-0.2, 0) is 16.9 Å². The van der Waals surface area contributed by atoms with Gasteiger partial charge in [0.15, 0.2) is 29.2 Å². The van der Waals surface area contributed by atoms with Crippen LogP contribution in [0.4, 0.5) is 20.3 Å². The van der Waals surface area contributed by atoms with Gasteiger partial charge in [-0.15, -0.1) is 0 Å². The zero-order valence-electron chi connectivity index (χ0n) is 21.7. The highest BCUT2D eigenvalue weighted by atomic mass is 32.2. The minimum atomic E-state index is -1.16. The number of hydrogen-bond acceptors (Lipinski definition) is 11. The molecule has 1 aromatic carbocycles. The van der Waals surface area contributed by atoms with Gasteiger partial charge in [-0.1, -0.05) is 18.7 Å². The standard InChI is InChI=1S/C26H27F2N7O3S/c1-14-25(2,12-36-4)39-24(29)35-26(14,3)17-7-15(8-18(27)21(17)28)34-23-22-19(32-13-33-23)9-16(10-31-22)38-11-20-30-5-6-37-20/h5-10,13-14H,11-12H2,1-4H3,(H2,29,35)(H,32,33,34)/t14-,25-,26+/m1/s1. The summed E-state index contributed by atoms with van der Waals surface area (Å²) in [6, 6.07) is 4.27. The van der Waals surface area contributed by atoms with E-state index in [0.29, 0.717) is 35.1 Å². The molecule has 204 valence electrons. The second-order valence-electron chi connectivity index (χ2n) is 9.59. The lowest BCUT2D eigenvalue weighted by Gasteiger charge is -2.47. The predicted octanol–water partition coefficient (Wildman–Crippen LogP) is 4.93. The summed E-state index contributed by atoms with van der Waals surface area (Å²) in [6.07, 6.45) is 5.83. The number of pyridine rings is 1. The van der Waals surface area contributed by atoms with Crippen molar-refractivity contribution >= 4 is 39.5 Å². The van der Waals surface area contributed by atoms with E-state index in [1.165, 1.54) is 42.8 Å². The molecule has 0 fully saturated rings. The van der Waals surface area contributed by atoms with E-state index in [9.17, 15) is 4.39 Å². The van der Waals surface area contributed by atoms with Crippen LogP contribution in [0.1, 0.15) is 32.2 Å². The van der Waals surface area contributed by atoms with Gasteiger partial charge in [-0.25, -0.2) is 28.7 Å². The fraction of sp³-hybridized carbons (Fsp3) is 0.346. The van der Waals surface area contributed by atoms with Gasteiger partial charge < -0.3 is 24.9 Å². The number of rotatable bonds is 8. The highest BCUT2D eigenvalue weighted by molar-refractivity contribution is 8.15. The van der Waals surface area contributed by atoms with E-state index in [1.807, 2.05) is 13.8 Å². The summed E-state index contributed by atoms with van der Waals surface area (Å²) < 4.78 is 46.1. The van der Waals surface area contributed by atoms with Crippen LogP contribution in [0.25, 0.3) is 11.0 Å². The number of ether oxygens (including phenoxy) is 2. The number of anilines is 2. The Kier molecular flexibility index (Phi) is 7.12. The number of fused-ring (bicyclic) bond motifs is 1. The number of halogens is 2. The summed E-state index contributed by atoms with van der Waals surface area (Å²) in [5, 5.41) is 3.34. The SMILES string of the molecule is COC[C@@]1(C)SC(N)=N[C@](C)(c2cc(Nc3ncnc4cc(OCc5ncco5)cnc34)cc(F)c2F)[C@@H]1C. The lowest BCUT2D eigenvalue weighted by atomic mass is 9.74.